The van der Waals surface area contributed by atoms with E-state index in [1.807, 2.05) is 39.2 Å². The van der Waals surface area contributed by atoms with Gasteiger partial charge >= 0.3 is 0 Å². The van der Waals surface area contributed by atoms with E-state index in [0.717, 1.165) is 27.5 Å². The Hall–Kier alpha value is -2.24. The fourth-order valence-corrected chi connectivity index (χ4v) is 5.17. The first-order valence-corrected chi connectivity index (χ1v) is 12.9. The molecule has 0 atom stereocenters. The number of carbonyl (C=O) groups excluding carboxylic acids is 1. The number of rotatable bonds is 10. The van der Waals surface area contributed by atoms with Crippen LogP contribution in [-0.2, 0) is 10.0 Å². The molecule has 11 heteroatoms. The largest absolute Gasteiger partial charge is 0.492 e. The van der Waals surface area contributed by atoms with E-state index in [4.69, 9.17) is 9.72 Å². The molecule has 0 unspecified atom stereocenters. The van der Waals surface area contributed by atoms with Crippen LogP contribution in [0.1, 0.15) is 23.7 Å². The normalized spacial score (nSPS) is 11.6. The van der Waals surface area contributed by atoms with Gasteiger partial charge in [-0.1, -0.05) is 17.4 Å². The molecule has 0 saturated heterocycles. The standard InChI is InChI=1S/C23H30N4O4S2.ClH/c1-6-31-19-9-7-10-20-21(19)24-23(32-20)27(16-8-15-25(2)3)22(28)17-11-13-18(14-12-17)33(29,30)26(4)5;/h7,9-14H,6,8,15-16H2,1-5H3;1H. The molecule has 34 heavy (non-hydrogen) atoms. The lowest BCUT2D eigenvalue weighted by Gasteiger charge is -2.21. The van der Waals surface area contributed by atoms with E-state index < -0.39 is 10.0 Å². The summed E-state index contributed by atoms with van der Waals surface area (Å²) in [7, 11) is 3.37. The minimum atomic E-state index is -3.56. The number of anilines is 1. The molecular weight excluding hydrogens is 496 g/mol. The van der Waals surface area contributed by atoms with Crippen LogP contribution in [0.15, 0.2) is 47.4 Å². The van der Waals surface area contributed by atoms with Crippen LogP contribution >= 0.6 is 23.7 Å². The number of hydrogen-bond donors (Lipinski definition) is 0. The number of aromatic nitrogens is 1. The lowest BCUT2D eigenvalue weighted by Crippen LogP contribution is -2.33. The quantitative estimate of drug-likeness (QED) is 0.397. The third-order valence-corrected chi connectivity index (χ3v) is 7.89. The second-order valence-electron chi connectivity index (χ2n) is 7.96. The first kappa shape index (κ1) is 28.0. The van der Waals surface area contributed by atoms with Crippen LogP contribution in [0.5, 0.6) is 5.75 Å². The van der Waals surface area contributed by atoms with Crippen LogP contribution in [0.2, 0.25) is 0 Å². The van der Waals surface area contributed by atoms with E-state index in [-0.39, 0.29) is 23.2 Å². The maximum Gasteiger partial charge on any atom is 0.260 e. The lowest BCUT2D eigenvalue weighted by molar-refractivity contribution is 0.0986. The fourth-order valence-electron chi connectivity index (χ4n) is 3.26. The Labute approximate surface area is 211 Å². The second-order valence-corrected chi connectivity index (χ2v) is 11.1. The predicted molar refractivity (Wildman–Crippen MR) is 140 cm³/mol. The van der Waals surface area contributed by atoms with Crippen LogP contribution in [-0.4, -0.2) is 76.4 Å². The molecule has 2 aromatic carbocycles. The minimum absolute atomic E-state index is 0. The smallest absolute Gasteiger partial charge is 0.260 e. The van der Waals surface area contributed by atoms with Gasteiger partial charge in [-0.3, -0.25) is 9.69 Å². The van der Waals surface area contributed by atoms with Crippen LogP contribution in [0, 0.1) is 0 Å². The molecule has 0 N–H and O–H groups in total. The van der Waals surface area contributed by atoms with Gasteiger partial charge in [0.15, 0.2) is 5.13 Å². The van der Waals surface area contributed by atoms with Crippen molar-refractivity contribution in [2.45, 2.75) is 18.2 Å². The van der Waals surface area contributed by atoms with Crippen molar-refractivity contribution in [3.05, 3.63) is 48.0 Å². The lowest BCUT2D eigenvalue weighted by atomic mass is 10.2. The highest BCUT2D eigenvalue weighted by atomic mass is 35.5. The van der Waals surface area contributed by atoms with Crippen LogP contribution in [0.4, 0.5) is 5.13 Å². The molecule has 0 aliphatic heterocycles. The summed E-state index contributed by atoms with van der Waals surface area (Å²) in [4.78, 5) is 22.1. The number of nitrogens with zero attached hydrogens (tertiary/aromatic N) is 4. The van der Waals surface area contributed by atoms with Gasteiger partial charge in [-0.2, -0.15) is 0 Å². The second kappa shape index (κ2) is 11.9. The zero-order chi connectivity index (χ0) is 24.2. The van der Waals surface area contributed by atoms with Crippen molar-refractivity contribution in [3.8, 4) is 5.75 Å². The molecule has 8 nitrogen and oxygen atoms in total. The van der Waals surface area contributed by atoms with Crippen LogP contribution in [0.25, 0.3) is 10.2 Å². The summed E-state index contributed by atoms with van der Waals surface area (Å²) in [5.41, 5.74) is 1.14. The van der Waals surface area contributed by atoms with E-state index in [2.05, 4.69) is 4.90 Å². The maximum atomic E-state index is 13.5. The maximum absolute atomic E-state index is 13.5. The van der Waals surface area contributed by atoms with Gasteiger partial charge in [0.05, 0.1) is 16.2 Å². The number of amides is 1. The zero-order valence-electron chi connectivity index (χ0n) is 20.0. The van der Waals surface area contributed by atoms with Crippen molar-refractivity contribution in [1.29, 1.82) is 0 Å². The van der Waals surface area contributed by atoms with Gasteiger partial charge in [0.2, 0.25) is 10.0 Å². The number of para-hydroxylation sites is 1. The molecule has 1 aromatic heterocycles. The molecule has 1 amide bonds. The third-order valence-electron chi connectivity index (χ3n) is 5.01. The molecule has 0 bridgehead atoms. The number of benzene rings is 2. The summed E-state index contributed by atoms with van der Waals surface area (Å²) >= 11 is 1.44. The van der Waals surface area contributed by atoms with Gasteiger partial charge in [0.1, 0.15) is 11.3 Å². The molecule has 0 aliphatic carbocycles. The molecule has 0 spiro atoms. The third kappa shape index (κ3) is 6.25. The average molecular weight is 527 g/mol. The van der Waals surface area contributed by atoms with E-state index in [9.17, 15) is 13.2 Å². The fraction of sp³-hybridized carbons (Fsp3) is 0.391. The van der Waals surface area contributed by atoms with Crippen LogP contribution in [0.3, 0.4) is 0 Å². The Bertz CT molecular complexity index is 1210. The summed E-state index contributed by atoms with van der Waals surface area (Å²) in [5, 5.41) is 0.589. The number of halogens is 1. The molecule has 0 aliphatic rings. The average Bonchev–Trinajstić information content (AvgIpc) is 3.21. The van der Waals surface area contributed by atoms with Crippen molar-refractivity contribution in [3.63, 3.8) is 0 Å². The highest BCUT2D eigenvalue weighted by Gasteiger charge is 2.23. The molecule has 1 heterocycles. The summed E-state index contributed by atoms with van der Waals surface area (Å²) in [5.74, 6) is 0.469. The number of carbonyl (C=O) groups is 1. The van der Waals surface area contributed by atoms with Gasteiger partial charge in [-0.15, -0.1) is 12.4 Å². The SMILES string of the molecule is CCOc1cccc2sc(N(CCCN(C)C)C(=O)c3ccc(S(=O)(=O)N(C)C)cc3)nc12.Cl. The van der Waals surface area contributed by atoms with E-state index in [1.165, 1.54) is 37.6 Å². The number of thiazole rings is 1. The summed E-state index contributed by atoms with van der Waals surface area (Å²) in [6.07, 6.45) is 0.764. The highest BCUT2D eigenvalue weighted by Crippen LogP contribution is 2.35. The number of fused-ring (bicyclic) bond motifs is 1. The van der Waals surface area contributed by atoms with Crippen LogP contribution < -0.4 is 9.64 Å². The molecule has 0 saturated carbocycles. The molecular formula is C23H31ClN4O4S2. The van der Waals surface area contributed by atoms with Gasteiger partial charge in [0.25, 0.3) is 5.91 Å². The van der Waals surface area contributed by atoms with Crippen molar-refractivity contribution < 1.29 is 17.9 Å². The number of ether oxygens (including phenoxy) is 1. The molecule has 3 aromatic rings. The van der Waals surface area contributed by atoms with Gasteiger partial charge in [-0.25, -0.2) is 17.7 Å². The van der Waals surface area contributed by atoms with Gasteiger partial charge in [0, 0.05) is 26.2 Å². The monoisotopic (exact) mass is 526 g/mol. The molecule has 0 radical (unpaired) electrons. The molecule has 0 fully saturated rings. The summed E-state index contributed by atoms with van der Waals surface area (Å²) in [6.45, 7) is 3.75. The summed E-state index contributed by atoms with van der Waals surface area (Å²) in [6, 6.07) is 11.8. The molecule has 3 rings (SSSR count). The molecule has 186 valence electrons. The van der Waals surface area contributed by atoms with Gasteiger partial charge < -0.3 is 9.64 Å². The number of sulfonamides is 1. The van der Waals surface area contributed by atoms with Gasteiger partial charge in [-0.05, 0) is 70.4 Å². The van der Waals surface area contributed by atoms with Crippen molar-refractivity contribution in [2.75, 3.05) is 52.8 Å². The van der Waals surface area contributed by atoms with E-state index >= 15 is 0 Å². The number of hydrogen-bond acceptors (Lipinski definition) is 7. The zero-order valence-corrected chi connectivity index (χ0v) is 22.5. The first-order chi connectivity index (χ1) is 15.6. The van der Waals surface area contributed by atoms with Crippen molar-refractivity contribution in [1.82, 2.24) is 14.2 Å². The van der Waals surface area contributed by atoms with E-state index in [1.54, 1.807) is 17.0 Å². The highest BCUT2D eigenvalue weighted by molar-refractivity contribution is 7.89. The van der Waals surface area contributed by atoms with Crippen molar-refractivity contribution in [2.24, 2.45) is 0 Å². The Morgan fingerprint density at radius 3 is 2.29 bits per heavy atom. The Balaban J connectivity index is 0.00000408. The first-order valence-electron chi connectivity index (χ1n) is 10.7. The minimum Gasteiger partial charge on any atom is -0.492 e. The summed E-state index contributed by atoms with van der Waals surface area (Å²) < 4.78 is 32.5. The van der Waals surface area contributed by atoms with Crippen molar-refractivity contribution >= 4 is 55.0 Å². The Morgan fingerprint density at radius 2 is 1.71 bits per heavy atom. The Kier molecular flexibility index (Phi) is 9.84. The predicted octanol–water partition coefficient (Wildman–Crippen LogP) is 3.97. The Morgan fingerprint density at radius 1 is 1.03 bits per heavy atom. The van der Waals surface area contributed by atoms with E-state index in [0.29, 0.717) is 29.6 Å². The topological polar surface area (TPSA) is 83.0 Å².